The van der Waals surface area contributed by atoms with Crippen LogP contribution in [-0.2, 0) is 0 Å². The van der Waals surface area contributed by atoms with E-state index >= 15 is 0 Å². The lowest BCUT2D eigenvalue weighted by atomic mass is 10.0. The standard InChI is InChI=1S/C16H22N2O2/c1-4-7-19-14-9-13(10-17-11-14)15(18-5-2)16-12(3)6-8-20-16/h6,8-11,15,18H,4-5,7H2,1-3H3. The molecule has 0 amide bonds. The van der Waals surface area contributed by atoms with Crippen molar-refractivity contribution in [2.75, 3.05) is 13.2 Å². The Morgan fingerprint density at radius 2 is 2.20 bits per heavy atom. The topological polar surface area (TPSA) is 47.3 Å². The highest BCUT2D eigenvalue weighted by molar-refractivity contribution is 5.33. The Labute approximate surface area is 120 Å². The van der Waals surface area contributed by atoms with Gasteiger partial charge in [-0.3, -0.25) is 4.98 Å². The van der Waals surface area contributed by atoms with E-state index < -0.39 is 0 Å². The van der Waals surface area contributed by atoms with Crippen LogP contribution in [0.4, 0.5) is 0 Å². The third-order valence-electron chi connectivity index (χ3n) is 3.11. The van der Waals surface area contributed by atoms with Crippen LogP contribution in [0.15, 0.2) is 35.2 Å². The highest BCUT2D eigenvalue weighted by Crippen LogP contribution is 2.27. The smallest absolute Gasteiger partial charge is 0.137 e. The number of furan rings is 1. The molecule has 0 fully saturated rings. The molecule has 1 atom stereocenters. The number of rotatable bonds is 7. The van der Waals surface area contributed by atoms with E-state index in [2.05, 4.69) is 24.1 Å². The van der Waals surface area contributed by atoms with Gasteiger partial charge in [0, 0.05) is 6.20 Å². The fraction of sp³-hybridized carbons (Fsp3) is 0.438. The van der Waals surface area contributed by atoms with E-state index in [1.807, 2.05) is 25.3 Å². The molecule has 1 unspecified atom stereocenters. The first kappa shape index (κ1) is 14.6. The number of nitrogens with zero attached hydrogens (tertiary/aromatic N) is 1. The van der Waals surface area contributed by atoms with Gasteiger partial charge in [0.05, 0.1) is 25.1 Å². The molecule has 0 bridgehead atoms. The molecule has 0 saturated carbocycles. The summed E-state index contributed by atoms with van der Waals surface area (Å²) in [6.45, 7) is 7.77. The maximum Gasteiger partial charge on any atom is 0.137 e. The van der Waals surface area contributed by atoms with Gasteiger partial charge in [-0.05, 0) is 43.1 Å². The Balaban J connectivity index is 2.27. The monoisotopic (exact) mass is 274 g/mol. The lowest BCUT2D eigenvalue weighted by Gasteiger charge is -2.17. The van der Waals surface area contributed by atoms with Crippen LogP contribution in [0.2, 0.25) is 0 Å². The second-order valence-corrected chi connectivity index (χ2v) is 4.76. The van der Waals surface area contributed by atoms with Gasteiger partial charge in [-0.15, -0.1) is 0 Å². The van der Waals surface area contributed by atoms with Gasteiger partial charge in [0.15, 0.2) is 0 Å². The first-order chi connectivity index (χ1) is 9.76. The third kappa shape index (κ3) is 3.39. The normalized spacial score (nSPS) is 12.3. The molecule has 4 heteroatoms. The zero-order valence-electron chi connectivity index (χ0n) is 12.3. The Morgan fingerprint density at radius 3 is 2.85 bits per heavy atom. The van der Waals surface area contributed by atoms with E-state index in [1.165, 1.54) is 0 Å². The van der Waals surface area contributed by atoms with Crippen LogP contribution in [0, 0.1) is 6.92 Å². The highest BCUT2D eigenvalue weighted by Gasteiger charge is 2.19. The molecule has 4 nitrogen and oxygen atoms in total. The number of hydrogen-bond donors (Lipinski definition) is 1. The Kier molecular flexibility index (Phi) is 5.18. The summed E-state index contributed by atoms with van der Waals surface area (Å²) >= 11 is 0. The zero-order chi connectivity index (χ0) is 14.4. The average molecular weight is 274 g/mol. The van der Waals surface area contributed by atoms with Gasteiger partial charge in [0.1, 0.15) is 11.5 Å². The van der Waals surface area contributed by atoms with E-state index in [0.717, 1.165) is 35.6 Å². The van der Waals surface area contributed by atoms with Gasteiger partial charge in [-0.2, -0.15) is 0 Å². The van der Waals surface area contributed by atoms with E-state index in [4.69, 9.17) is 9.15 Å². The number of hydrogen-bond acceptors (Lipinski definition) is 4. The first-order valence-electron chi connectivity index (χ1n) is 7.11. The molecule has 1 N–H and O–H groups in total. The van der Waals surface area contributed by atoms with Crippen molar-refractivity contribution >= 4 is 0 Å². The van der Waals surface area contributed by atoms with Gasteiger partial charge in [0.25, 0.3) is 0 Å². The van der Waals surface area contributed by atoms with Gasteiger partial charge in [0.2, 0.25) is 0 Å². The summed E-state index contributed by atoms with van der Waals surface area (Å²) in [4.78, 5) is 4.27. The van der Waals surface area contributed by atoms with Gasteiger partial charge in [-0.1, -0.05) is 13.8 Å². The van der Waals surface area contributed by atoms with E-state index in [1.54, 1.807) is 12.5 Å². The largest absolute Gasteiger partial charge is 0.492 e. The predicted octanol–water partition coefficient (Wildman–Crippen LogP) is 3.47. The van der Waals surface area contributed by atoms with Crippen LogP contribution >= 0.6 is 0 Å². The number of ether oxygens (including phenoxy) is 1. The quantitative estimate of drug-likeness (QED) is 0.839. The molecule has 108 valence electrons. The average Bonchev–Trinajstić information content (AvgIpc) is 2.89. The summed E-state index contributed by atoms with van der Waals surface area (Å²) in [5, 5.41) is 3.44. The van der Waals surface area contributed by atoms with E-state index in [9.17, 15) is 0 Å². The summed E-state index contributed by atoms with van der Waals surface area (Å²) in [5.41, 5.74) is 2.19. The summed E-state index contributed by atoms with van der Waals surface area (Å²) in [5.74, 6) is 1.73. The summed E-state index contributed by atoms with van der Waals surface area (Å²) in [6, 6.07) is 4.01. The Morgan fingerprint density at radius 1 is 1.35 bits per heavy atom. The molecule has 2 rings (SSSR count). The van der Waals surface area contributed by atoms with Crippen LogP contribution in [-0.4, -0.2) is 18.1 Å². The third-order valence-corrected chi connectivity index (χ3v) is 3.11. The van der Waals surface area contributed by atoms with E-state index in [0.29, 0.717) is 6.61 Å². The first-order valence-corrected chi connectivity index (χ1v) is 7.11. The van der Waals surface area contributed by atoms with Crippen LogP contribution in [0.1, 0.15) is 43.2 Å². The van der Waals surface area contributed by atoms with Crippen molar-refractivity contribution in [1.82, 2.24) is 10.3 Å². The number of aromatic nitrogens is 1. The van der Waals surface area contributed by atoms with Crippen LogP contribution in [0.3, 0.4) is 0 Å². The number of nitrogens with one attached hydrogen (secondary N) is 1. The summed E-state index contributed by atoms with van der Waals surface area (Å²) in [7, 11) is 0. The second-order valence-electron chi connectivity index (χ2n) is 4.76. The fourth-order valence-corrected chi connectivity index (χ4v) is 2.14. The maximum atomic E-state index is 5.65. The summed E-state index contributed by atoms with van der Waals surface area (Å²) in [6.07, 6.45) is 6.31. The zero-order valence-corrected chi connectivity index (χ0v) is 12.3. The molecule has 0 radical (unpaired) electrons. The van der Waals surface area contributed by atoms with Gasteiger partial charge < -0.3 is 14.5 Å². The Bertz CT molecular complexity index is 537. The van der Waals surface area contributed by atoms with Crippen molar-refractivity contribution in [3.05, 3.63) is 47.7 Å². The molecule has 20 heavy (non-hydrogen) atoms. The van der Waals surface area contributed by atoms with Crippen molar-refractivity contribution in [2.24, 2.45) is 0 Å². The van der Waals surface area contributed by atoms with Crippen molar-refractivity contribution in [1.29, 1.82) is 0 Å². The van der Waals surface area contributed by atoms with Crippen molar-refractivity contribution in [3.8, 4) is 5.75 Å². The fourth-order valence-electron chi connectivity index (χ4n) is 2.14. The number of pyridine rings is 1. The second kappa shape index (κ2) is 7.10. The van der Waals surface area contributed by atoms with Crippen molar-refractivity contribution < 1.29 is 9.15 Å². The van der Waals surface area contributed by atoms with Gasteiger partial charge >= 0.3 is 0 Å². The molecule has 2 heterocycles. The molecule has 2 aromatic heterocycles. The van der Waals surface area contributed by atoms with Crippen LogP contribution in [0.5, 0.6) is 5.75 Å². The van der Waals surface area contributed by atoms with Crippen molar-refractivity contribution in [3.63, 3.8) is 0 Å². The minimum absolute atomic E-state index is 0.00711. The van der Waals surface area contributed by atoms with E-state index in [-0.39, 0.29) is 6.04 Å². The molecule has 0 saturated heterocycles. The minimum Gasteiger partial charge on any atom is -0.492 e. The molecular weight excluding hydrogens is 252 g/mol. The molecule has 0 aliphatic heterocycles. The van der Waals surface area contributed by atoms with Crippen LogP contribution in [0.25, 0.3) is 0 Å². The van der Waals surface area contributed by atoms with Gasteiger partial charge in [-0.25, -0.2) is 0 Å². The highest BCUT2D eigenvalue weighted by atomic mass is 16.5. The summed E-state index contributed by atoms with van der Waals surface area (Å²) < 4.78 is 11.3. The van der Waals surface area contributed by atoms with Crippen molar-refractivity contribution in [2.45, 2.75) is 33.2 Å². The number of aryl methyl sites for hydroxylation is 1. The minimum atomic E-state index is 0.00711. The molecule has 0 aliphatic rings. The SMILES string of the molecule is CCCOc1cncc(C(NCC)c2occc2C)c1. The molecular formula is C16H22N2O2. The predicted molar refractivity (Wildman–Crippen MR) is 79.0 cm³/mol. The molecule has 0 aliphatic carbocycles. The lowest BCUT2D eigenvalue weighted by Crippen LogP contribution is -2.22. The molecule has 0 aromatic carbocycles. The Hall–Kier alpha value is -1.81. The molecule has 2 aromatic rings. The maximum absolute atomic E-state index is 5.65. The molecule has 0 spiro atoms. The van der Waals surface area contributed by atoms with Crippen LogP contribution < -0.4 is 10.1 Å². The lowest BCUT2D eigenvalue weighted by molar-refractivity contribution is 0.315.